The molecule has 5 heteroatoms. The van der Waals surface area contributed by atoms with Gasteiger partial charge in [0.15, 0.2) is 0 Å². The van der Waals surface area contributed by atoms with E-state index in [1.54, 1.807) is 0 Å². The highest BCUT2D eigenvalue weighted by Crippen LogP contribution is 2.22. The monoisotopic (exact) mass is 258 g/mol. The normalized spacial score (nSPS) is 11.4. The summed E-state index contributed by atoms with van der Waals surface area (Å²) in [7, 11) is 0. The second kappa shape index (κ2) is 5.47. The molecule has 3 N–H and O–H groups in total. The Hall–Kier alpha value is -1.13. The summed E-state index contributed by atoms with van der Waals surface area (Å²) in [4.78, 5) is 11.6. The number of nitrogens with two attached hydrogens (primary N) is 1. The van der Waals surface area contributed by atoms with E-state index in [9.17, 15) is 9.18 Å². The molecule has 1 aromatic carbocycles. The van der Waals surface area contributed by atoms with Crippen LogP contribution in [0.3, 0.4) is 0 Å². The van der Waals surface area contributed by atoms with Gasteiger partial charge >= 0.3 is 0 Å². The number of carbonyl (C=O) groups excluding carboxylic acids is 1. The number of rotatable bonds is 4. The Balaban J connectivity index is 2.57. The van der Waals surface area contributed by atoms with Gasteiger partial charge in [0.1, 0.15) is 5.82 Å². The summed E-state index contributed by atoms with van der Waals surface area (Å²) in [5.41, 5.74) is 5.80. The molecule has 0 saturated heterocycles. The minimum atomic E-state index is -0.434. The summed E-state index contributed by atoms with van der Waals surface area (Å²) in [6.45, 7) is 3.70. The molecule has 0 aromatic heterocycles. The largest absolute Gasteiger partial charge is 0.326 e. The lowest BCUT2D eigenvalue weighted by molar-refractivity contribution is -0.116. The van der Waals surface area contributed by atoms with E-state index in [4.69, 9.17) is 17.3 Å². The first kappa shape index (κ1) is 13.9. The van der Waals surface area contributed by atoms with E-state index in [-0.39, 0.29) is 16.5 Å². The Morgan fingerprint density at radius 2 is 2.18 bits per heavy atom. The average Bonchev–Trinajstić information content (AvgIpc) is 2.18. The molecule has 3 nitrogen and oxygen atoms in total. The van der Waals surface area contributed by atoms with Crippen LogP contribution >= 0.6 is 11.6 Å². The van der Waals surface area contributed by atoms with Gasteiger partial charge in [-0.1, -0.05) is 11.6 Å². The number of halogens is 2. The fourth-order valence-corrected chi connectivity index (χ4v) is 1.45. The number of hydrogen-bond acceptors (Lipinski definition) is 2. The van der Waals surface area contributed by atoms with Crippen LogP contribution in [0.1, 0.15) is 26.7 Å². The maximum Gasteiger partial charge on any atom is 0.224 e. The van der Waals surface area contributed by atoms with Gasteiger partial charge in [0.05, 0.1) is 10.7 Å². The van der Waals surface area contributed by atoms with Crippen LogP contribution in [0.4, 0.5) is 10.1 Å². The molecule has 17 heavy (non-hydrogen) atoms. The van der Waals surface area contributed by atoms with Gasteiger partial charge in [-0.25, -0.2) is 4.39 Å². The van der Waals surface area contributed by atoms with E-state index in [0.717, 1.165) is 6.07 Å². The molecule has 0 aliphatic rings. The number of carbonyl (C=O) groups is 1. The summed E-state index contributed by atoms with van der Waals surface area (Å²) in [6.07, 6.45) is 0.870. The maximum atomic E-state index is 12.8. The van der Waals surface area contributed by atoms with Crippen molar-refractivity contribution in [2.75, 3.05) is 5.32 Å². The Morgan fingerprint density at radius 3 is 2.71 bits per heavy atom. The molecule has 0 atom stereocenters. The SMILES string of the molecule is CC(C)(N)CCC(=O)Nc1ccc(F)cc1Cl. The number of amides is 1. The van der Waals surface area contributed by atoms with Crippen molar-refractivity contribution in [2.45, 2.75) is 32.2 Å². The maximum absolute atomic E-state index is 12.8. The summed E-state index contributed by atoms with van der Waals surface area (Å²) in [5.74, 6) is -0.617. The van der Waals surface area contributed by atoms with Crippen molar-refractivity contribution < 1.29 is 9.18 Å². The lowest BCUT2D eigenvalue weighted by Gasteiger charge is -2.17. The lowest BCUT2D eigenvalue weighted by atomic mass is 10.00. The van der Waals surface area contributed by atoms with Crippen LogP contribution in [0.2, 0.25) is 5.02 Å². The van der Waals surface area contributed by atoms with Gasteiger partial charge in [0.2, 0.25) is 5.91 Å². The molecule has 0 fully saturated rings. The smallest absolute Gasteiger partial charge is 0.224 e. The van der Waals surface area contributed by atoms with E-state index < -0.39 is 5.82 Å². The Bertz CT molecular complexity index is 415. The zero-order valence-electron chi connectivity index (χ0n) is 9.89. The number of nitrogens with one attached hydrogen (secondary N) is 1. The van der Waals surface area contributed by atoms with E-state index in [0.29, 0.717) is 18.5 Å². The molecule has 1 rings (SSSR count). The fourth-order valence-electron chi connectivity index (χ4n) is 1.24. The van der Waals surface area contributed by atoms with Crippen molar-refractivity contribution in [1.29, 1.82) is 0 Å². The molecule has 94 valence electrons. The van der Waals surface area contributed by atoms with Crippen LogP contribution in [-0.2, 0) is 4.79 Å². The Labute approximate surface area is 105 Å². The van der Waals surface area contributed by atoms with Gasteiger partial charge in [0, 0.05) is 12.0 Å². The number of hydrogen-bond donors (Lipinski definition) is 2. The first-order valence-corrected chi connectivity index (χ1v) is 5.69. The summed E-state index contributed by atoms with van der Waals surface area (Å²) < 4.78 is 12.8. The Morgan fingerprint density at radius 1 is 1.53 bits per heavy atom. The third-order valence-electron chi connectivity index (χ3n) is 2.20. The number of benzene rings is 1. The molecule has 0 radical (unpaired) electrons. The van der Waals surface area contributed by atoms with Crippen LogP contribution in [0.25, 0.3) is 0 Å². The average molecular weight is 259 g/mol. The van der Waals surface area contributed by atoms with Crippen molar-refractivity contribution in [1.82, 2.24) is 0 Å². The van der Waals surface area contributed by atoms with Gasteiger partial charge in [-0.15, -0.1) is 0 Å². The zero-order chi connectivity index (χ0) is 13.1. The highest BCUT2D eigenvalue weighted by atomic mass is 35.5. The van der Waals surface area contributed by atoms with Crippen LogP contribution in [-0.4, -0.2) is 11.4 Å². The van der Waals surface area contributed by atoms with Gasteiger partial charge in [-0.05, 0) is 38.5 Å². The first-order valence-electron chi connectivity index (χ1n) is 5.32. The molecule has 0 aliphatic carbocycles. The van der Waals surface area contributed by atoms with E-state index >= 15 is 0 Å². The van der Waals surface area contributed by atoms with Gasteiger partial charge < -0.3 is 11.1 Å². The van der Waals surface area contributed by atoms with E-state index in [1.165, 1.54) is 12.1 Å². The molecule has 0 bridgehead atoms. The topological polar surface area (TPSA) is 55.1 Å². The first-order chi connectivity index (χ1) is 7.78. The Kier molecular flexibility index (Phi) is 4.48. The van der Waals surface area contributed by atoms with Crippen LogP contribution in [0.5, 0.6) is 0 Å². The molecular weight excluding hydrogens is 243 g/mol. The van der Waals surface area contributed by atoms with E-state index in [2.05, 4.69) is 5.32 Å². The molecule has 0 spiro atoms. The summed E-state index contributed by atoms with van der Waals surface area (Å²) in [6, 6.07) is 3.83. The lowest BCUT2D eigenvalue weighted by Crippen LogP contribution is -2.33. The van der Waals surface area contributed by atoms with Gasteiger partial charge in [-0.2, -0.15) is 0 Å². The molecule has 0 aliphatic heterocycles. The predicted octanol–water partition coefficient (Wildman–Crippen LogP) is 2.94. The van der Waals surface area contributed by atoms with Crippen molar-refractivity contribution in [3.05, 3.63) is 29.0 Å². The quantitative estimate of drug-likeness (QED) is 0.872. The second-order valence-electron chi connectivity index (χ2n) is 4.66. The summed E-state index contributed by atoms with van der Waals surface area (Å²) in [5, 5.41) is 2.80. The molecule has 1 amide bonds. The van der Waals surface area contributed by atoms with E-state index in [1.807, 2.05) is 13.8 Å². The summed E-state index contributed by atoms with van der Waals surface area (Å²) >= 11 is 5.78. The van der Waals surface area contributed by atoms with Crippen molar-refractivity contribution in [3.63, 3.8) is 0 Å². The standard InChI is InChI=1S/C12H16ClFN2O/c1-12(2,15)6-5-11(17)16-10-4-3-8(14)7-9(10)13/h3-4,7H,5-6,15H2,1-2H3,(H,16,17). The van der Waals surface area contributed by atoms with Crippen molar-refractivity contribution in [2.24, 2.45) is 5.73 Å². The van der Waals surface area contributed by atoms with Crippen LogP contribution in [0, 0.1) is 5.82 Å². The van der Waals surface area contributed by atoms with Crippen molar-refractivity contribution in [3.8, 4) is 0 Å². The minimum Gasteiger partial charge on any atom is -0.326 e. The molecular formula is C12H16ClFN2O. The molecule has 0 saturated carbocycles. The molecule has 1 aromatic rings. The predicted molar refractivity (Wildman–Crippen MR) is 67.5 cm³/mol. The molecule has 0 unspecified atom stereocenters. The third kappa shape index (κ3) is 5.15. The third-order valence-corrected chi connectivity index (χ3v) is 2.51. The fraction of sp³-hybridized carbons (Fsp3) is 0.417. The highest BCUT2D eigenvalue weighted by Gasteiger charge is 2.14. The molecule has 0 heterocycles. The second-order valence-corrected chi connectivity index (χ2v) is 5.07. The van der Waals surface area contributed by atoms with Gasteiger partial charge in [-0.3, -0.25) is 4.79 Å². The minimum absolute atomic E-state index is 0.183. The number of anilines is 1. The van der Waals surface area contributed by atoms with Crippen LogP contribution < -0.4 is 11.1 Å². The van der Waals surface area contributed by atoms with Crippen molar-refractivity contribution >= 4 is 23.2 Å². The van der Waals surface area contributed by atoms with Crippen LogP contribution in [0.15, 0.2) is 18.2 Å². The van der Waals surface area contributed by atoms with Gasteiger partial charge in [0.25, 0.3) is 0 Å². The zero-order valence-corrected chi connectivity index (χ0v) is 10.6. The highest BCUT2D eigenvalue weighted by molar-refractivity contribution is 6.33.